The smallest absolute Gasteiger partial charge is 0.267 e. The van der Waals surface area contributed by atoms with Gasteiger partial charge in [-0.2, -0.15) is 0 Å². The lowest BCUT2D eigenvalue weighted by atomic mass is 10.2. The van der Waals surface area contributed by atoms with E-state index in [1.165, 1.54) is 0 Å². The quantitative estimate of drug-likeness (QED) is 0.875. The Morgan fingerprint density at radius 3 is 2.72 bits per heavy atom. The molecule has 1 atom stereocenters. The van der Waals surface area contributed by atoms with Gasteiger partial charge >= 0.3 is 0 Å². The lowest BCUT2D eigenvalue weighted by Crippen LogP contribution is -2.35. The molecular weight excluding hydrogens is 316 g/mol. The fraction of sp³-hybridized carbons (Fsp3) is 0.421. The minimum atomic E-state index is -0.498. The van der Waals surface area contributed by atoms with Crippen molar-refractivity contribution in [3.63, 3.8) is 0 Å². The van der Waals surface area contributed by atoms with Crippen LogP contribution in [0.2, 0.25) is 0 Å². The predicted octanol–water partition coefficient (Wildman–Crippen LogP) is 2.50. The maximum atomic E-state index is 11.6. The number of nitrogens with two attached hydrogens (primary N) is 1. The first kappa shape index (κ1) is 15.9. The average Bonchev–Trinajstić information content (AvgIpc) is 3.38. The van der Waals surface area contributed by atoms with Gasteiger partial charge in [0.05, 0.1) is 6.04 Å². The van der Waals surface area contributed by atoms with E-state index in [0.29, 0.717) is 18.2 Å². The molecule has 0 bridgehead atoms. The molecule has 1 aliphatic heterocycles. The molecule has 1 saturated carbocycles. The Balaban J connectivity index is 1.54. The number of nitrogens with zero attached hydrogens (tertiary/aromatic N) is 3. The molecule has 1 aromatic heterocycles. The van der Waals surface area contributed by atoms with Gasteiger partial charge in [0.2, 0.25) is 0 Å². The summed E-state index contributed by atoms with van der Waals surface area (Å²) in [6.07, 6.45) is 4.30. The zero-order valence-corrected chi connectivity index (χ0v) is 14.1. The Labute approximate surface area is 147 Å². The number of primary amides is 1. The van der Waals surface area contributed by atoms with Crippen molar-refractivity contribution in [3.05, 3.63) is 47.9 Å². The maximum Gasteiger partial charge on any atom is 0.267 e. The van der Waals surface area contributed by atoms with Crippen LogP contribution in [0.1, 0.15) is 47.9 Å². The second-order valence-electron chi connectivity index (χ2n) is 6.72. The normalized spacial score (nSPS) is 19.8. The summed E-state index contributed by atoms with van der Waals surface area (Å²) in [5, 5.41) is 0. The lowest BCUT2D eigenvalue weighted by Gasteiger charge is -2.26. The molecule has 130 valence electrons. The van der Waals surface area contributed by atoms with Gasteiger partial charge in [-0.25, -0.2) is 9.97 Å². The molecule has 4 rings (SSSR count). The standard InChI is InChI=1S/C19H22N4O2/c20-18(24)16-11-17(22-19(21-16)13-8-9-13)23-10-4-5-14(23)12-25-15-6-2-1-3-7-15/h1-3,6-7,11,13-14H,4-5,8-10,12H2,(H2,20,24)/t14-/m1/s1. The number of amides is 1. The molecule has 2 fully saturated rings. The number of carbonyl (C=O) groups is 1. The second-order valence-corrected chi connectivity index (χ2v) is 6.72. The highest BCUT2D eigenvalue weighted by Gasteiger charge is 2.31. The lowest BCUT2D eigenvalue weighted by molar-refractivity contribution is 0.0995. The number of hydrogen-bond donors (Lipinski definition) is 1. The van der Waals surface area contributed by atoms with Gasteiger partial charge in [-0.1, -0.05) is 18.2 Å². The van der Waals surface area contributed by atoms with Crippen molar-refractivity contribution in [2.24, 2.45) is 5.73 Å². The number of benzene rings is 1. The third-order valence-electron chi connectivity index (χ3n) is 4.78. The minimum absolute atomic E-state index is 0.239. The molecular formula is C19H22N4O2. The molecule has 1 saturated heterocycles. The van der Waals surface area contributed by atoms with Crippen LogP contribution in [-0.4, -0.2) is 35.1 Å². The molecule has 2 heterocycles. The summed E-state index contributed by atoms with van der Waals surface area (Å²) >= 11 is 0. The molecule has 1 aliphatic carbocycles. The van der Waals surface area contributed by atoms with Gasteiger partial charge in [0.15, 0.2) is 0 Å². The first-order chi connectivity index (χ1) is 12.2. The summed E-state index contributed by atoms with van der Waals surface area (Å²) in [4.78, 5) is 22.9. The minimum Gasteiger partial charge on any atom is -0.491 e. The second kappa shape index (κ2) is 6.70. The number of carbonyl (C=O) groups excluding carboxylic acids is 1. The molecule has 2 aromatic rings. The van der Waals surface area contributed by atoms with E-state index in [9.17, 15) is 4.79 Å². The largest absolute Gasteiger partial charge is 0.491 e. The number of para-hydroxylation sites is 1. The van der Waals surface area contributed by atoms with E-state index in [2.05, 4.69) is 9.88 Å². The fourth-order valence-corrected chi connectivity index (χ4v) is 3.27. The number of hydrogen-bond acceptors (Lipinski definition) is 5. The van der Waals surface area contributed by atoms with E-state index in [-0.39, 0.29) is 6.04 Å². The van der Waals surface area contributed by atoms with Crippen LogP contribution in [0.3, 0.4) is 0 Å². The zero-order valence-electron chi connectivity index (χ0n) is 14.1. The van der Waals surface area contributed by atoms with Gasteiger partial charge in [0.25, 0.3) is 5.91 Å². The third kappa shape index (κ3) is 3.57. The Morgan fingerprint density at radius 1 is 1.20 bits per heavy atom. The van der Waals surface area contributed by atoms with Crippen LogP contribution in [-0.2, 0) is 0 Å². The molecule has 2 N–H and O–H groups in total. The Bertz CT molecular complexity index is 761. The molecule has 6 heteroatoms. The SMILES string of the molecule is NC(=O)c1cc(N2CCC[C@@H]2COc2ccccc2)nc(C2CC2)n1. The van der Waals surface area contributed by atoms with Crippen LogP contribution in [0.15, 0.2) is 36.4 Å². The summed E-state index contributed by atoms with van der Waals surface area (Å²) in [6, 6.07) is 11.8. The fourth-order valence-electron chi connectivity index (χ4n) is 3.27. The van der Waals surface area contributed by atoms with E-state index in [1.807, 2.05) is 30.3 Å². The van der Waals surface area contributed by atoms with Gasteiger partial charge in [-0.3, -0.25) is 4.79 Å². The summed E-state index contributed by atoms with van der Waals surface area (Å²) < 4.78 is 5.93. The van der Waals surface area contributed by atoms with Crippen molar-refractivity contribution in [2.75, 3.05) is 18.1 Å². The van der Waals surface area contributed by atoms with E-state index >= 15 is 0 Å². The van der Waals surface area contributed by atoms with Crippen LogP contribution in [0.4, 0.5) is 5.82 Å². The highest BCUT2D eigenvalue weighted by Crippen LogP contribution is 2.39. The number of aromatic nitrogens is 2. The van der Waals surface area contributed by atoms with Crippen LogP contribution >= 0.6 is 0 Å². The van der Waals surface area contributed by atoms with E-state index in [1.54, 1.807) is 6.07 Å². The van der Waals surface area contributed by atoms with Crippen molar-refractivity contribution >= 4 is 11.7 Å². The van der Waals surface area contributed by atoms with Crippen LogP contribution in [0, 0.1) is 0 Å². The van der Waals surface area contributed by atoms with Crippen molar-refractivity contribution in [1.29, 1.82) is 0 Å². The van der Waals surface area contributed by atoms with Crippen molar-refractivity contribution in [2.45, 2.75) is 37.6 Å². The van der Waals surface area contributed by atoms with Gasteiger partial charge in [-0.05, 0) is 37.8 Å². The van der Waals surface area contributed by atoms with Crippen LogP contribution in [0.5, 0.6) is 5.75 Å². The number of rotatable bonds is 6. The Hall–Kier alpha value is -2.63. The summed E-state index contributed by atoms with van der Waals surface area (Å²) in [7, 11) is 0. The van der Waals surface area contributed by atoms with Gasteiger partial charge in [-0.15, -0.1) is 0 Å². The summed E-state index contributed by atoms with van der Waals surface area (Å²) in [5.74, 6) is 2.29. The molecule has 0 radical (unpaired) electrons. The van der Waals surface area contributed by atoms with E-state index in [0.717, 1.165) is 49.6 Å². The zero-order chi connectivity index (χ0) is 17.2. The molecule has 2 aliphatic rings. The van der Waals surface area contributed by atoms with Crippen molar-refractivity contribution < 1.29 is 9.53 Å². The first-order valence-corrected chi connectivity index (χ1v) is 8.84. The van der Waals surface area contributed by atoms with Gasteiger partial charge < -0.3 is 15.4 Å². The first-order valence-electron chi connectivity index (χ1n) is 8.84. The molecule has 0 spiro atoms. The van der Waals surface area contributed by atoms with Crippen LogP contribution in [0.25, 0.3) is 0 Å². The highest BCUT2D eigenvalue weighted by atomic mass is 16.5. The Morgan fingerprint density at radius 2 is 2.00 bits per heavy atom. The van der Waals surface area contributed by atoms with E-state index in [4.69, 9.17) is 15.5 Å². The maximum absolute atomic E-state index is 11.6. The Kier molecular flexibility index (Phi) is 4.26. The number of anilines is 1. The predicted molar refractivity (Wildman–Crippen MR) is 94.8 cm³/mol. The van der Waals surface area contributed by atoms with Crippen molar-refractivity contribution in [1.82, 2.24) is 9.97 Å². The van der Waals surface area contributed by atoms with Gasteiger partial charge in [0, 0.05) is 18.5 Å². The monoisotopic (exact) mass is 338 g/mol. The van der Waals surface area contributed by atoms with Crippen molar-refractivity contribution in [3.8, 4) is 5.75 Å². The van der Waals surface area contributed by atoms with E-state index < -0.39 is 5.91 Å². The summed E-state index contributed by atoms with van der Waals surface area (Å²) in [6.45, 7) is 1.50. The molecule has 25 heavy (non-hydrogen) atoms. The molecule has 0 unspecified atom stereocenters. The summed E-state index contributed by atoms with van der Waals surface area (Å²) in [5.41, 5.74) is 5.77. The molecule has 1 amide bonds. The van der Waals surface area contributed by atoms with Crippen LogP contribution < -0.4 is 15.4 Å². The average molecular weight is 338 g/mol. The molecule has 1 aromatic carbocycles. The molecule has 6 nitrogen and oxygen atoms in total. The topological polar surface area (TPSA) is 81.3 Å². The number of ether oxygens (including phenoxy) is 1. The third-order valence-corrected chi connectivity index (χ3v) is 4.78. The van der Waals surface area contributed by atoms with Gasteiger partial charge in [0.1, 0.15) is 29.7 Å². The highest BCUT2D eigenvalue weighted by molar-refractivity contribution is 5.91.